The molecule has 0 radical (unpaired) electrons. The highest BCUT2D eigenvalue weighted by Gasteiger charge is 1.94. The Labute approximate surface area is 80.3 Å². The van der Waals surface area contributed by atoms with Crippen molar-refractivity contribution < 1.29 is 9.90 Å². The van der Waals surface area contributed by atoms with Gasteiger partial charge in [-0.3, -0.25) is 4.79 Å². The monoisotopic (exact) mass is 194 g/mol. The van der Waals surface area contributed by atoms with Crippen LogP contribution in [0.25, 0.3) is 0 Å². The van der Waals surface area contributed by atoms with Crippen LogP contribution < -0.4 is 5.56 Å². The van der Waals surface area contributed by atoms with Crippen molar-refractivity contribution in [2.75, 3.05) is 0 Å². The van der Waals surface area contributed by atoms with Crippen LogP contribution in [0.2, 0.25) is 0 Å². The van der Waals surface area contributed by atoms with Gasteiger partial charge in [0, 0.05) is 12.1 Å². The van der Waals surface area contributed by atoms with E-state index in [2.05, 4.69) is 5.10 Å². The van der Waals surface area contributed by atoms with Gasteiger partial charge in [0.1, 0.15) is 0 Å². The summed E-state index contributed by atoms with van der Waals surface area (Å²) in [5, 5.41) is 12.1. The summed E-state index contributed by atoms with van der Waals surface area (Å²) in [5.74, 6) is -1.04. The number of aliphatic carboxylic acids is 1. The smallest absolute Gasteiger partial charge is 0.328 e. The minimum absolute atomic E-state index is 0.172. The number of carbonyl (C=O) groups is 1. The van der Waals surface area contributed by atoms with Crippen molar-refractivity contribution in [1.82, 2.24) is 9.78 Å². The fourth-order valence-corrected chi connectivity index (χ4v) is 0.915. The van der Waals surface area contributed by atoms with E-state index in [1.54, 1.807) is 13.1 Å². The van der Waals surface area contributed by atoms with Crippen molar-refractivity contribution in [3.05, 3.63) is 40.3 Å². The number of aryl methyl sites for hydroxylation is 1. The predicted octanol–water partition coefficient (Wildman–Crippen LogP) is 0.193. The van der Waals surface area contributed by atoms with Gasteiger partial charge in [-0.15, -0.1) is 0 Å². The van der Waals surface area contributed by atoms with E-state index in [4.69, 9.17) is 5.11 Å². The summed E-state index contributed by atoms with van der Waals surface area (Å²) in [6.07, 6.45) is 3.90. The topological polar surface area (TPSA) is 72.2 Å². The van der Waals surface area contributed by atoms with Gasteiger partial charge in [0.25, 0.3) is 5.56 Å². The molecule has 0 spiro atoms. The average Bonchev–Trinajstić information content (AvgIpc) is 2.08. The number of hydrogen-bond donors (Lipinski definition) is 1. The highest BCUT2D eigenvalue weighted by atomic mass is 16.4. The molecule has 1 N–H and O–H groups in total. The van der Waals surface area contributed by atoms with E-state index in [-0.39, 0.29) is 12.1 Å². The van der Waals surface area contributed by atoms with Crippen LogP contribution in [0.1, 0.15) is 5.56 Å². The van der Waals surface area contributed by atoms with Gasteiger partial charge in [-0.25, -0.2) is 9.48 Å². The molecule has 5 heteroatoms. The van der Waals surface area contributed by atoms with Crippen molar-refractivity contribution in [3.63, 3.8) is 0 Å². The van der Waals surface area contributed by atoms with Gasteiger partial charge in [0.2, 0.25) is 0 Å². The second-order valence-electron chi connectivity index (χ2n) is 2.79. The molecule has 0 aromatic carbocycles. The molecule has 0 aliphatic heterocycles. The Kier molecular flexibility index (Phi) is 3.17. The number of hydrogen-bond acceptors (Lipinski definition) is 3. The van der Waals surface area contributed by atoms with Gasteiger partial charge >= 0.3 is 5.97 Å². The number of carboxylic acid groups (broad SMARTS) is 1. The second kappa shape index (κ2) is 4.36. The Bertz CT molecular complexity index is 420. The maximum absolute atomic E-state index is 11.2. The largest absolute Gasteiger partial charge is 0.478 e. The zero-order valence-corrected chi connectivity index (χ0v) is 7.67. The van der Waals surface area contributed by atoms with E-state index in [9.17, 15) is 9.59 Å². The van der Waals surface area contributed by atoms with Crippen molar-refractivity contribution >= 4 is 5.97 Å². The normalized spacial score (nSPS) is 10.6. The zero-order chi connectivity index (χ0) is 10.6. The minimum Gasteiger partial charge on any atom is -0.478 e. The molecular formula is C9H10N2O3. The van der Waals surface area contributed by atoms with Gasteiger partial charge in [0.05, 0.1) is 12.7 Å². The lowest BCUT2D eigenvalue weighted by atomic mass is 10.3. The number of allylic oxidation sites excluding steroid dienone is 1. The first-order chi connectivity index (χ1) is 6.59. The molecule has 1 aromatic heterocycles. The van der Waals surface area contributed by atoms with Crippen LogP contribution in [0.4, 0.5) is 0 Å². The Balaban J connectivity index is 2.78. The Morgan fingerprint density at radius 2 is 2.43 bits per heavy atom. The molecule has 0 aliphatic rings. The summed E-state index contributed by atoms with van der Waals surface area (Å²) >= 11 is 0. The number of aromatic nitrogens is 2. The summed E-state index contributed by atoms with van der Waals surface area (Å²) in [6.45, 7) is 1.94. The molecule has 0 atom stereocenters. The Morgan fingerprint density at radius 1 is 1.71 bits per heavy atom. The molecule has 74 valence electrons. The van der Waals surface area contributed by atoms with E-state index in [0.717, 1.165) is 11.6 Å². The molecule has 1 rings (SSSR count). The molecule has 0 unspecified atom stereocenters. The van der Waals surface area contributed by atoms with Crippen LogP contribution in [0.3, 0.4) is 0 Å². The van der Waals surface area contributed by atoms with Crippen molar-refractivity contribution in [2.45, 2.75) is 13.5 Å². The fraction of sp³-hybridized carbons (Fsp3) is 0.222. The fourth-order valence-electron chi connectivity index (χ4n) is 0.915. The number of nitrogens with zero attached hydrogens (tertiary/aromatic N) is 2. The van der Waals surface area contributed by atoms with Crippen LogP contribution in [-0.4, -0.2) is 20.9 Å². The standard InChI is InChI=1S/C9H10N2O3/c1-7-5-8(12)11(10-6-7)4-2-3-9(13)14/h2-3,5-6H,4H2,1H3,(H,13,14)/b3-2+. The first-order valence-electron chi connectivity index (χ1n) is 4.03. The maximum Gasteiger partial charge on any atom is 0.328 e. The minimum atomic E-state index is -1.04. The molecule has 1 aromatic rings. The Hall–Kier alpha value is -1.91. The molecule has 0 amide bonds. The van der Waals surface area contributed by atoms with Crippen LogP contribution in [0, 0.1) is 6.92 Å². The molecule has 14 heavy (non-hydrogen) atoms. The summed E-state index contributed by atoms with van der Waals surface area (Å²) in [7, 11) is 0. The van der Waals surface area contributed by atoms with Crippen LogP contribution in [0.5, 0.6) is 0 Å². The highest BCUT2D eigenvalue weighted by molar-refractivity contribution is 5.79. The molecule has 0 aliphatic carbocycles. The summed E-state index contributed by atoms with van der Waals surface area (Å²) < 4.78 is 1.19. The zero-order valence-electron chi connectivity index (χ0n) is 7.67. The SMILES string of the molecule is Cc1cnn(C/C=C/C(=O)O)c(=O)c1. The Morgan fingerprint density at radius 3 is 3.00 bits per heavy atom. The van der Waals surface area contributed by atoms with Gasteiger partial charge in [-0.1, -0.05) is 6.08 Å². The van der Waals surface area contributed by atoms with Crippen LogP contribution in [0.15, 0.2) is 29.2 Å². The molecule has 5 nitrogen and oxygen atoms in total. The predicted molar refractivity (Wildman–Crippen MR) is 50.0 cm³/mol. The van der Waals surface area contributed by atoms with E-state index in [1.807, 2.05) is 0 Å². The van der Waals surface area contributed by atoms with Crippen molar-refractivity contribution in [2.24, 2.45) is 0 Å². The third-order valence-corrected chi connectivity index (χ3v) is 1.55. The summed E-state index contributed by atoms with van der Waals surface area (Å²) in [5.41, 5.74) is 0.550. The highest BCUT2D eigenvalue weighted by Crippen LogP contribution is 1.87. The molecule has 0 fully saturated rings. The maximum atomic E-state index is 11.2. The lowest BCUT2D eigenvalue weighted by Gasteiger charge is -1.99. The first-order valence-corrected chi connectivity index (χ1v) is 4.03. The van der Waals surface area contributed by atoms with Crippen LogP contribution >= 0.6 is 0 Å². The summed E-state index contributed by atoms with van der Waals surface area (Å²) in [6, 6.07) is 1.45. The van der Waals surface area contributed by atoms with Gasteiger partial charge in [0.15, 0.2) is 0 Å². The third-order valence-electron chi connectivity index (χ3n) is 1.55. The van der Waals surface area contributed by atoms with Crippen molar-refractivity contribution in [3.8, 4) is 0 Å². The van der Waals surface area contributed by atoms with Crippen LogP contribution in [-0.2, 0) is 11.3 Å². The molecule has 1 heterocycles. The quantitative estimate of drug-likeness (QED) is 0.697. The lowest BCUT2D eigenvalue weighted by Crippen LogP contribution is -2.21. The van der Waals surface area contributed by atoms with E-state index >= 15 is 0 Å². The van der Waals surface area contributed by atoms with E-state index < -0.39 is 5.97 Å². The average molecular weight is 194 g/mol. The van der Waals surface area contributed by atoms with Gasteiger partial charge < -0.3 is 5.11 Å². The van der Waals surface area contributed by atoms with Gasteiger partial charge in [-0.2, -0.15) is 5.10 Å². The lowest BCUT2D eigenvalue weighted by molar-refractivity contribution is -0.131. The number of carboxylic acids is 1. The van der Waals surface area contributed by atoms with E-state index in [0.29, 0.717) is 0 Å². The number of rotatable bonds is 3. The molecular weight excluding hydrogens is 184 g/mol. The molecule has 0 bridgehead atoms. The third kappa shape index (κ3) is 2.85. The molecule has 0 saturated heterocycles. The van der Waals surface area contributed by atoms with E-state index in [1.165, 1.54) is 16.8 Å². The summed E-state index contributed by atoms with van der Waals surface area (Å²) in [4.78, 5) is 21.4. The van der Waals surface area contributed by atoms with Gasteiger partial charge in [-0.05, 0) is 12.5 Å². The molecule has 0 saturated carbocycles. The van der Waals surface area contributed by atoms with Crippen molar-refractivity contribution in [1.29, 1.82) is 0 Å². The second-order valence-corrected chi connectivity index (χ2v) is 2.79. The first kappa shape index (κ1) is 10.2.